The van der Waals surface area contributed by atoms with Crippen LogP contribution in [0.4, 0.5) is 0 Å². The molecule has 7 nitrogen and oxygen atoms in total. The van der Waals surface area contributed by atoms with Crippen LogP contribution in [0.25, 0.3) is 0 Å². The molecule has 1 aromatic carbocycles. The number of aryl methyl sites for hydroxylation is 1. The van der Waals surface area contributed by atoms with Gasteiger partial charge in [0.25, 0.3) is 0 Å². The first-order valence-electron chi connectivity index (χ1n) is 8.63. The van der Waals surface area contributed by atoms with E-state index >= 15 is 0 Å². The average Bonchev–Trinajstić information content (AvgIpc) is 3.03. The first-order valence-corrected chi connectivity index (χ1v) is 8.63. The van der Waals surface area contributed by atoms with E-state index in [1.54, 1.807) is 9.58 Å². The van der Waals surface area contributed by atoms with E-state index in [1.165, 1.54) is 0 Å². The molecule has 2 aromatic rings. The van der Waals surface area contributed by atoms with E-state index in [2.05, 4.69) is 10.3 Å². The highest BCUT2D eigenvalue weighted by Gasteiger charge is 2.32. The molecule has 2 heterocycles. The average molecular weight is 340 g/mol. The number of carbonyl (C=O) groups excluding carboxylic acids is 1. The zero-order valence-corrected chi connectivity index (χ0v) is 13.9. The first-order chi connectivity index (χ1) is 12.1. The number of hydrogen-bond acceptors (Lipinski definition) is 4. The molecule has 1 aliphatic heterocycles. The molecule has 1 atom stereocenters. The van der Waals surface area contributed by atoms with Gasteiger partial charge in [-0.2, -0.15) is 0 Å². The second kappa shape index (κ2) is 6.31. The molecule has 1 aliphatic carbocycles. The summed E-state index contributed by atoms with van der Waals surface area (Å²) >= 11 is 0. The van der Waals surface area contributed by atoms with Crippen molar-refractivity contribution in [3.63, 3.8) is 0 Å². The number of carbonyl (C=O) groups is 2. The van der Waals surface area contributed by atoms with Crippen LogP contribution < -0.4 is 0 Å². The summed E-state index contributed by atoms with van der Waals surface area (Å²) in [5.41, 5.74) is 3.74. The zero-order valence-electron chi connectivity index (χ0n) is 13.9. The molecule has 0 saturated carbocycles. The van der Waals surface area contributed by atoms with Gasteiger partial charge in [0.15, 0.2) is 0 Å². The molecular formula is C18H20N4O3. The third kappa shape index (κ3) is 2.90. The smallest absolute Gasteiger partial charge is 0.312 e. The lowest BCUT2D eigenvalue weighted by Crippen LogP contribution is -2.42. The van der Waals surface area contributed by atoms with Crippen molar-refractivity contribution < 1.29 is 14.7 Å². The molecule has 130 valence electrons. The summed E-state index contributed by atoms with van der Waals surface area (Å²) in [6.45, 7) is 0.759. The van der Waals surface area contributed by atoms with Gasteiger partial charge in [-0.25, -0.2) is 4.68 Å². The zero-order chi connectivity index (χ0) is 17.4. The molecule has 0 spiro atoms. The molecule has 1 aromatic heterocycles. The SMILES string of the molecule is O=C(O)C1CN(C(=O)Cn2nnc3c2CCCC3)Cc2ccccc21. The first kappa shape index (κ1) is 15.8. The lowest BCUT2D eigenvalue weighted by Gasteiger charge is -2.33. The van der Waals surface area contributed by atoms with Gasteiger partial charge < -0.3 is 10.0 Å². The predicted octanol–water partition coefficient (Wildman–Crippen LogP) is 1.37. The summed E-state index contributed by atoms with van der Waals surface area (Å²) in [5.74, 6) is -1.69. The Hall–Kier alpha value is -2.70. The van der Waals surface area contributed by atoms with E-state index in [0.29, 0.717) is 6.54 Å². The van der Waals surface area contributed by atoms with Gasteiger partial charge in [0.2, 0.25) is 5.91 Å². The minimum absolute atomic E-state index is 0.112. The van der Waals surface area contributed by atoms with Crippen LogP contribution in [0.3, 0.4) is 0 Å². The largest absolute Gasteiger partial charge is 0.481 e. The van der Waals surface area contributed by atoms with Crippen LogP contribution in [0, 0.1) is 0 Å². The second-order valence-corrected chi connectivity index (χ2v) is 6.71. The van der Waals surface area contributed by atoms with Crippen LogP contribution in [0.2, 0.25) is 0 Å². The lowest BCUT2D eigenvalue weighted by molar-refractivity contribution is -0.141. The molecule has 0 saturated heterocycles. The maximum absolute atomic E-state index is 12.8. The Bertz CT molecular complexity index is 829. The molecule has 0 radical (unpaired) electrons. The summed E-state index contributed by atoms with van der Waals surface area (Å²) < 4.78 is 1.69. The molecule has 1 unspecified atom stereocenters. The maximum atomic E-state index is 12.8. The number of hydrogen-bond donors (Lipinski definition) is 1. The number of rotatable bonds is 3. The summed E-state index contributed by atoms with van der Waals surface area (Å²) in [6, 6.07) is 7.44. The van der Waals surface area contributed by atoms with Crippen LogP contribution in [-0.4, -0.2) is 43.4 Å². The van der Waals surface area contributed by atoms with E-state index in [4.69, 9.17) is 0 Å². The van der Waals surface area contributed by atoms with Crippen molar-refractivity contribution >= 4 is 11.9 Å². The van der Waals surface area contributed by atoms with Crippen molar-refractivity contribution in [3.8, 4) is 0 Å². The number of nitrogens with zero attached hydrogens (tertiary/aromatic N) is 4. The van der Waals surface area contributed by atoms with Crippen LogP contribution in [-0.2, 0) is 35.5 Å². The van der Waals surface area contributed by atoms with Crippen molar-refractivity contribution in [2.24, 2.45) is 0 Å². The fraction of sp³-hybridized carbons (Fsp3) is 0.444. The van der Waals surface area contributed by atoms with Crippen molar-refractivity contribution in [2.45, 2.75) is 44.7 Å². The Balaban J connectivity index is 1.55. The Morgan fingerprint density at radius 2 is 2.00 bits per heavy atom. The highest BCUT2D eigenvalue weighted by atomic mass is 16.4. The number of fused-ring (bicyclic) bond motifs is 2. The van der Waals surface area contributed by atoms with Crippen molar-refractivity contribution in [3.05, 3.63) is 46.8 Å². The topological polar surface area (TPSA) is 88.3 Å². The Morgan fingerprint density at radius 3 is 2.84 bits per heavy atom. The minimum Gasteiger partial charge on any atom is -0.481 e. The molecule has 4 rings (SSSR count). The minimum atomic E-state index is -0.900. The molecule has 0 bridgehead atoms. The number of aromatic nitrogens is 3. The van der Waals surface area contributed by atoms with Gasteiger partial charge in [0.05, 0.1) is 17.3 Å². The highest BCUT2D eigenvalue weighted by molar-refractivity contribution is 5.81. The van der Waals surface area contributed by atoms with Crippen molar-refractivity contribution in [1.29, 1.82) is 0 Å². The normalized spacial score (nSPS) is 19.2. The van der Waals surface area contributed by atoms with Crippen molar-refractivity contribution in [2.75, 3.05) is 6.54 Å². The standard InChI is InChI=1S/C18H20N4O3/c23-17(11-22-16-8-4-3-7-15(16)19-20-22)21-9-12-5-1-2-6-13(12)14(10-21)18(24)25/h1-2,5-6,14H,3-4,7-11H2,(H,24,25). The van der Waals surface area contributed by atoms with E-state index in [0.717, 1.165) is 48.2 Å². The number of carboxylic acid groups (broad SMARTS) is 1. The number of aliphatic carboxylic acids is 1. The van der Waals surface area contributed by atoms with Crippen LogP contribution in [0.15, 0.2) is 24.3 Å². The molecule has 0 fully saturated rings. The Morgan fingerprint density at radius 1 is 1.20 bits per heavy atom. The molecule has 1 amide bonds. The quantitative estimate of drug-likeness (QED) is 0.911. The fourth-order valence-electron chi connectivity index (χ4n) is 3.78. The Kier molecular flexibility index (Phi) is 3.99. The second-order valence-electron chi connectivity index (χ2n) is 6.71. The monoisotopic (exact) mass is 340 g/mol. The summed E-state index contributed by atoms with van der Waals surface area (Å²) in [4.78, 5) is 26.0. The molecule has 25 heavy (non-hydrogen) atoms. The van der Waals surface area contributed by atoms with Crippen LogP contribution in [0.5, 0.6) is 0 Å². The molecule has 7 heteroatoms. The predicted molar refractivity (Wildman–Crippen MR) is 88.9 cm³/mol. The maximum Gasteiger partial charge on any atom is 0.312 e. The molecule has 2 aliphatic rings. The van der Waals surface area contributed by atoms with Gasteiger partial charge in [0.1, 0.15) is 6.54 Å². The van der Waals surface area contributed by atoms with E-state index in [1.807, 2.05) is 24.3 Å². The lowest BCUT2D eigenvalue weighted by atomic mass is 9.90. The highest BCUT2D eigenvalue weighted by Crippen LogP contribution is 2.29. The third-order valence-corrected chi connectivity index (χ3v) is 5.13. The number of benzene rings is 1. The van der Waals surface area contributed by atoms with Gasteiger partial charge in [-0.05, 0) is 36.8 Å². The number of carboxylic acids is 1. The van der Waals surface area contributed by atoms with Gasteiger partial charge in [-0.3, -0.25) is 9.59 Å². The summed E-state index contributed by atoms with van der Waals surface area (Å²) in [6.07, 6.45) is 4.02. The Labute approximate surface area is 145 Å². The third-order valence-electron chi connectivity index (χ3n) is 5.13. The van der Waals surface area contributed by atoms with E-state index < -0.39 is 11.9 Å². The van der Waals surface area contributed by atoms with Crippen molar-refractivity contribution in [1.82, 2.24) is 19.9 Å². The molecule has 1 N–H and O–H groups in total. The van der Waals surface area contributed by atoms with Gasteiger partial charge in [-0.1, -0.05) is 29.5 Å². The van der Waals surface area contributed by atoms with Crippen LogP contribution >= 0.6 is 0 Å². The fourth-order valence-corrected chi connectivity index (χ4v) is 3.78. The summed E-state index contributed by atoms with van der Waals surface area (Å²) in [7, 11) is 0. The van der Waals surface area contributed by atoms with E-state index in [-0.39, 0.29) is 19.0 Å². The molecular weight excluding hydrogens is 320 g/mol. The van der Waals surface area contributed by atoms with Gasteiger partial charge in [-0.15, -0.1) is 5.10 Å². The van der Waals surface area contributed by atoms with Gasteiger partial charge >= 0.3 is 5.97 Å². The van der Waals surface area contributed by atoms with Crippen LogP contribution in [0.1, 0.15) is 41.3 Å². The summed E-state index contributed by atoms with van der Waals surface area (Å²) in [5, 5.41) is 17.8. The number of amides is 1. The van der Waals surface area contributed by atoms with E-state index in [9.17, 15) is 14.7 Å². The van der Waals surface area contributed by atoms with Gasteiger partial charge in [0, 0.05) is 13.1 Å².